The predicted octanol–water partition coefficient (Wildman–Crippen LogP) is 3.94. The summed E-state index contributed by atoms with van der Waals surface area (Å²) in [5.41, 5.74) is -1.39. The zero-order chi connectivity index (χ0) is 14.0. The molecule has 1 heterocycles. The fraction of sp³-hybridized carbons (Fsp3) is 0.750. The van der Waals surface area contributed by atoms with Gasteiger partial charge in [-0.05, 0) is 12.8 Å². The van der Waals surface area contributed by atoms with Gasteiger partial charge in [-0.15, -0.1) is 0 Å². The van der Waals surface area contributed by atoms with Gasteiger partial charge in [0, 0.05) is 5.56 Å². The molecule has 1 saturated carbocycles. The number of hydrogen-bond donors (Lipinski definition) is 1. The second-order valence-electron chi connectivity index (χ2n) is 4.86. The Bertz CT molecular complexity index is 437. The molecule has 0 radical (unpaired) electrons. The van der Waals surface area contributed by atoms with Gasteiger partial charge in [0.05, 0.1) is 12.6 Å². The fourth-order valence-electron chi connectivity index (χ4n) is 2.56. The number of nitrogens with zero attached hydrogens (tertiary/aromatic N) is 2. The highest BCUT2D eigenvalue weighted by Crippen LogP contribution is 2.37. The Hall–Kier alpha value is -0.750. The lowest BCUT2D eigenvalue weighted by molar-refractivity contribution is -0.142. The van der Waals surface area contributed by atoms with Gasteiger partial charge in [-0.3, -0.25) is 0 Å². The highest BCUT2D eigenvalue weighted by Gasteiger charge is 2.39. The predicted molar refractivity (Wildman–Crippen MR) is 64.9 cm³/mol. The molecule has 0 saturated heterocycles. The molecule has 1 aliphatic rings. The minimum atomic E-state index is -4.59. The van der Waals surface area contributed by atoms with E-state index in [-0.39, 0.29) is 16.8 Å². The van der Waals surface area contributed by atoms with Crippen molar-refractivity contribution in [2.45, 2.75) is 57.3 Å². The van der Waals surface area contributed by atoms with E-state index in [0.29, 0.717) is 0 Å². The first-order valence-corrected chi connectivity index (χ1v) is 6.78. The average molecular weight is 297 g/mol. The van der Waals surface area contributed by atoms with E-state index in [9.17, 15) is 13.2 Å². The van der Waals surface area contributed by atoms with Crippen molar-refractivity contribution in [2.24, 2.45) is 0 Å². The van der Waals surface area contributed by atoms with E-state index in [0.717, 1.165) is 38.5 Å². The lowest BCUT2D eigenvalue weighted by Gasteiger charge is -2.15. The van der Waals surface area contributed by atoms with Crippen LogP contribution in [0.15, 0.2) is 0 Å². The van der Waals surface area contributed by atoms with Gasteiger partial charge in [0.2, 0.25) is 0 Å². The SMILES string of the molecule is OCc1c(C(F)(F)F)nn(C2CCCCCC2)c1Cl. The molecule has 3 nitrogen and oxygen atoms in total. The van der Waals surface area contributed by atoms with Crippen LogP contribution in [-0.2, 0) is 12.8 Å². The summed E-state index contributed by atoms with van der Waals surface area (Å²) < 4.78 is 39.7. The fourth-order valence-corrected chi connectivity index (χ4v) is 2.89. The molecule has 7 heteroatoms. The average Bonchev–Trinajstić information content (AvgIpc) is 2.53. The van der Waals surface area contributed by atoms with E-state index in [1.165, 1.54) is 4.68 Å². The lowest BCUT2D eigenvalue weighted by Crippen LogP contribution is -2.13. The van der Waals surface area contributed by atoms with E-state index >= 15 is 0 Å². The Balaban J connectivity index is 2.38. The molecule has 0 atom stereocenters. The molecule has 1 fully saturated rings. The highest BCUT2D eigenvalue weighted by atomic mass is 35.5. The van der Waals surface area contributed by atoms with Crippen molar-refractivity contribution in [1.82, 2.24) is 9.78 Å². The largest absolute Gasteiger partial charge is 0.435 e. The molecule has 1 aromatic heterocycles. The van der Waals surface area contributed by atoms with Crippen molar-refractivity contribution in [3.05, 3.63) is 16.4 Å². The standard InChI is InChI=1S/C12H16ClF3N2O/c13-11-9(7-19)10(12(14,15)16)17-18(11)8-5-3-1-2-4-6-8/h8,19H,1-7H2. The molecule has 19 heavy (non-hydrogen) atoms. The third-order valence-electron chi connectivity index (χ3n) is 3.54. The number of aromatic nitrogens is 2. The molecule has 2 rings (SSSR count). The normalized spacial score (nSPS) is 18.6. The molecule has 1 N–H and O–H groups in total. The summed E-state index contributed by atoms with van der Waals surface area (Å²) in [5, 5.41) is 12.6. The molecule has 0 bridgehead atoms. The molecule has 1 aromatic rings. The summed E-state index contributed by atoms with van der Waals surface area (Å²) in [6.07, 6.45) is 1.10. The van der Waals surface area contributed by atoms with Crippen LogP contribution in [-0.4, -0.2) is 14.9 Å². The van der Waals surface area contributed by atoms with Crippen LogP contribution in [0.1, 0.15) is 55.8 Å². The van der Waals surface area contributed by atoms with Crippen molar-refractivity contribution < 1.29 is 18.3 Å². The topological polar surface area (TPSA) is 38.1 Å². The van der Waals surface area contributed by atoms with Gasteiger partial charge in [0.1, 0.15) is 5.15 Å². The summed E-state index contributed by atoms with van der Waals surface area (Å²) in [6.45, 7) is -0.750. The van der Waals surface area contributed by atoms with Gasteiger partial charge in [-0.2, -0.15) is 18.3 Å². The van der Waals surface area contributed by atoms with Crippen molar-refractivity contribution in [3.63, 3.8) is 0 Å². The smallest absolute Gasteiger partial charge is 0.391 e. The Labute approximate surface area is 114 Å². The second kappa shape index (κ2) is 5.71. The monoisotopic (exact) mass is 296 g/mol. The van der Waals surface area contributed by atoms with Crippen molar-refractivity contribution in [3.8, 4) is 0 Å². The van der Waals surface area contributed by atoms with Gasteiger partial charge in [0.15, 0.2) is 5.69 Å². The first kappa shape index (κ1) is 14.7. The minimum Gasteiger partial charge on any atom is -0.391 e. The Morgan fingerprint density at radius 2 is 1.79 bits per heavy atom. The van der Waals surface area contributed by atoms with Gasteiger partial charge in [-0.25, -0.2) is 4.68 Å². The van der Waals surface area contributed by atoms with Crippen LogP contribution in [0.4, 0.5) is 13.2 Å². The molecular weight excluding hydrogens is 281 g/mol. The third-order valence-corrected chi connectivity index (χ3v) is 3.94. The maximum absolute atomic E-state index is 12.8. The van der Waals surface area contributed by atoms with Crippen LogP contribution < -0.4 is 0 Å². The summed E-state index contributed by atoms with van der Waals surface area (Å²) in [5.74, 6) is 0. The molecule has 1 aliphatic carbocycles. The van der Waals surface area contributed by atoms with Crippen LogP contribution >= 0.6 is 11.6 Å². The molecule has 0 unspecified atom stereocenters. The molecule has 108 valence electrons. The number of aliphatic hydroxyl groups is 1. The molecular formula is C12H16ClF3N2O. The van der Waals surface area contributed by atoms with Gasteiger partial charge < -0.3 is 5.11 Å². The second-order valence-corrected chi connectivity index (χ2v) is 5.22. The number of alkyl halides is 3. The van der Waals surface area contributed by atoms with Gasteiger partial charge in [0.25, 0.3) is 0 Å². The molecule has 0 amide bonds. The van der Waals surface area contributed by atoms with Crippen molar-refractivity contribution in [2.75, 3.05) is 0 Å². The minimum absolute atomic E-state index is 0.0817. The Kier molecular flexibility index (Phi) is 4.40. The highest BCUT2D eigenvalue weighted by molar-refractivity contribution is 6.30. The molecule has 0 spiro atoms. The molecule has 0 aromatic carbocycles. The van der Waals surface area contributed by atoms with Crippen LogP contribution in [0, 0.1) is 0 Å². The van der Waals surface area contributed by atoms with E-state index in [1.54, 1.807) is 0 Å². The van der Waals surface area contributed by atoms with E-state index in [4.69, 9.17) is 16.7 Å². The van der Waals surface area contributed by atoms with E-state index in [2.05, 4.69) is 5.10 Å². The van der Waals surface area contributed by atoms with Crippen LogP contribution in [0.5, 0.6) is 0 Å². The van der Waals surface area contributed by atoms with E-state index in [1.807, 2.05) is 0 Å². The summed E-state index contributed by atoms with van der Waals surface area (Å²) in [4.78, 5) is 0. The third kappa shape index (κ3) is 3.05. The zero-order valence-corrected chi connectivity index (χ0v) is 11.1. The maximum atomic E-state index is 12.8. The summed E-state index contributed by atoms with van der Waals surface area (Å²) >= 11 is 5.96. The summed E-state index contributed by atoms with van der Waals surface area (Å²) in [7, 11) is 0. The summed E-state index contributed by atoms with van der Waals surface area (Å²) in [6, 6.07) is -0.101. The van der Waals surface area contributed by atoms with Crippen LogP contribution in [0.2, 0.25) is 5.15 Å². The number of rotatable bonds is 2. The first-order chi connectivity index (χ1) is 8.95. The molecule has 0 aliphatic heterocycles. The first-order valence-electron chi connectivity index (χ1n) is 6.40. The number of halogens is 4. The quantitative estimate of drug-likeness (QED) is 0.839. The lowest BCUT2D eigenvalue weighted by atomic mass is 10.1. The van der Waals surface area contributed by atoms with Gasteiger partial charge >= 0.3 is 6.18 Å². The van der Waals surface area contributed by atoms with E-state index < -0.39 is 18.5 Å². The Morgan fingerprint density at radius 3 is 2.21 bits per heavy atom. The number of hydrogen-bond acceptors (Lipinski definition) is 2. The number of aliphatic hydroxyl groups excluding tert-OH is 1. The zero-order valence-electron chi connectivity index (χ0n) is 10.4. The van der Waals surface area contributed by atoms with Gasteiger partial charge in [-0.1, -0.05) is 37.3 Å². The maximum Gasteiger partial charge on any atom is 0.435 e. The Morgan fingerprint density at radius 1 is 1.21 bits per heavy atom. The van der Waals surface area contributed by atoms with Crippen molar-refractivity contribution in [1.29, 1.82) is 0 Å². The van der Waals surface area contributed by atoms with Crippen molar-refractivity contribution >= 4 is 11.6 Å². The van der Waals surface area contributed by atoms with Crippen LogP contribution in [0.3, 0.4) is 0 Å². The van der Waals surface area contributed by atoms with Crippen LogP contribution in [0.25, 0.3) is 0 Å².